The molecule has 0 aromatic heterocycles. The van der Waals surface area contributed by atoms with Gasteiger partial charge in [0.25, 0.3) is 0 Å². The minimum Gasteiger partial charge on any atom is -0.396 e. The lowest BCUT2D eigenvalue weighted by Gasteiger charge is -2.23. The smallest absolute Gasteiger partial charge is 0.210 e. The van der Waals surface area contributed by atoms with Gasteiger partial charge < -0.3 is 20.4 Å². The van der Waals surface area contributed by atoms with Crippen molar-refractivity contribution in [3.8, 4) is 0 Å². The van der Waals surface area contributed by atoms with Crippen LogP contribution in [0.25, 0.3) is 0 Å². The Balaban J connectivity index is 6.00. The fourth-order valence-electron chi connectivity index (χ4n) is 0.166. The van der Waals surface area contributed by atoms with Crippen molar-refractivity contribution in [3.05, 3.63) is 0 Å². The van der Waals surface area contributed by atoms with Crippen LogP contribution in [-0.4, -0.2) is 49.6 Å². The molecule has 4 nitrogen and oxygen atoms in total. The van der Waals surface area contributed by atoms with Gasteiger partial charge in [0.05, 0.1) is 39.9 Å². The van der Waals surface area contributed by atoms with Gasteiger partial charge in [0, 0.05) is 0 Å². The van der Waals surface area contributed by atoms with E-state index in [0.717, 1.165) is 0 Å². The van der Waals surface area contributed by atoms with Crippen LogP contribution in [0.1, 0.15) is 8.22 Å². The van der Waals surface area contributed by atoms with Gasteiger partial charge in [-0.05, 0) is 0 Å². The standard InChI is InChI=1S/C5H12O4/c6-1-5(2-7,3-8)4-9/h6-9H,1-4H2/i1D2,2D2,3D2,6D,7D. The summed E-state index contributed by atoms with van der Waals surface area (Å²) in [5, 5.41) is 25.3. The fraction of sp³-hybridized carbons (Fsp3) is 1.00. The van der Waals surface area contributed by atoms with Crippen molar-refractivity contribution in [2.24, 2.45) is 5.41 Å². The fourth-order valence-corrected chi connectivity index (χ4v) is 0.166. The Bertz CT molecular complexity index is 247. The third kappa shape index (κ3) is 1.91. The van der Waals surface area contributed by atoms with Crippen LogP contribution in [0.15, 0.2) is 0 Å². The van der Waals surface area contributed by atoms with Crippen molar-refractivity contribution >= 4 is 0 Å². The molecule has 0 aliphatic heterocycles. The second kappa shape index (κ2) is 3.79. The van der Waals surface area contributed by atoms with Gasteiger partial charge in [0.1, 0.15) is 0 Å². The maximum Gasteiger partial charge on any atom is 0.210 e. The Morgan fingerprint density at radius 1 is 1.22 bits per heavy atom. The zero-order chi connectivity index (χ0) is 14.1. The van der Waals surface area contributed by atoms with Crippen LogP contribution in [0.3, 0.4) is 0 Å². The summed E-state index contributed by atoms with van der Waals surface area (Å²) in [5.41, 5.74) is -3.34. The zero-order valence-electron chi connectivity index (χ0n) is 12.4. The lowest BCUT2D eigenvalue weighted by molar-refractivity contribution is -0.0328. The quantitative estimate of drug-likeness (QED) is 0.345. The van der Waals surface area contributed by atoms with E-state index in [2.05, 4.69) is 10.2 Å². The average molecular weight is 144 g/mol. The Labute approximate surface area is 64.8 Å². The molecule has 0 aliphatic rings. The molecule has 56 valence electrons. The molecule has 0 atom stereocenters. The van der Waals surface area contributed by atoms with Gasteiger partial charge in [0.2, 0.25) is 2.86 Å². The van der Waals surface area contributed by atoms with Gasteiger partial charge in [-0.3, -0.25) is 0 Å². The topological polar surface area (TPSA) is 80.9 Å². The first-order valence-electron chi connectivity index (χ1n) is 5.87. The van der Waals surface area contributed by atoms with Gasteiger partial charge in [-0.2, -0.15) is 0 Å². The third-order valence-corrected chi connectivity index (χ3v) is 0.776. The van der Waals surface area contributed by atoms with Gasteiger partial charge in [-0.15, -0.1) is 0 Å². The molecule has 0 aromatic carbocycles. The van der Waals surface area contributed by atoms with E-state index in [9.17, 15) is 5.11 Å². The summed E-state index contributed by atoms with van der Waals surface area (Å²) in [4.78, 5) is 0. The van der Waals surface area contributed by atoms with Crippen LogP contribution in [0.5, 0.6) is 0 Å². The average Bonchev–Trinajstić information content (AvgIpc) is 2.16. The second-order valence-electron chi connectivity index (χ2n) is 1.38. The predicted molar refractivity (Wildman–Crippen MR) is 30.8 cm³/mol. The molecule has 0 amide bonds. The summed E-state index contributed by atoms with van der Waals surface area (Å²) in [6.45, 7) is -12.2. The van der Waals surface area contributed by atoms with Crippen LogP contribution in [-0.2, 0) is 0 Å². The third-order valence-electron chi connectivity index (χ3n) is 0.776. The number of hydrogen-bond donors (Lipinski definition) is 4. The van der Waals surface area contributed by atoms with E-state index in [1.807, 2.05) is 0 Å². The maximum atomic E-state index is 9.23. The second-order valence-corrected chi connectivity index (χ2v) is 1.38. The van der Waals surface area contributed by atoms with E-state index in [4.69, 9.17) is 16.2 Å². The van der Waals surface area contributed by atoms with E-state index in [-0.39, 0.29) is 0 Å². The highest BCUT2D eigenvalue weighted by atomic mass is 16.3. The highest BCUT2D eigenvalue weighted by Crippen LogP contribution is 2.11. The molecule has 0 radical (unpaired) electrons. The first-order chi connectivity index (χ1) is 7.43. The molecule has 0 fully saturated rings. The Hall–Kier alpha value is -0.160. The SMILES string of the molecule is [2H]OC([2H])([2H])C(CO)(C([2H])([2H])O)C([2H])([2H])O[2H]. The monoisotopic (exact) mass is 144 g/mol. The highest BCUT2D eigenvalue weighted by molar-refractivity contribution is 4.74. The summed E-state index contributed by atoms with van der Waals surface area (Å²) in [6.07, 6.45) is 0. The molecular formula is C5H12O4. The molecule has 0 aliphatic carbocycles. The number of aliphatic hydroxyl groups excluding tert-OH is 1. The molecule has 0 unspecified atom stereocenters. The Morgan fingerprint density at radius 2 is 1.78 bits per heavy atom. The van der Waals surface area contributed by atoms with Gasteiger partial charge in [0.15, 0.2) is 0 Å². The van der Waals surface area contributed by atoms with Crippen molar-refractivity contribution in [3.63, 3.8) is 0 Å². The number of rotatable bonds is 6. The van der Waals surface area contributed by atoms with E-state index >= 15 is 0 Å². The summed E-state index contributed by atoms with van der Waals surface area (Å²) in [6, 6.07) is 0. The Kier molecular flexibility index (Phi) is 0.912. The first kappa shape index (κ1) is 2.17. The summed E-state index contributed by atoms with van der Waals surface area (Å²) >= 11 is 0. The molecule has 0 saturated carbocycles. The maximum absolute atomic E-state index is 9.23. The molecule has 0 heterocycles. The molecule has 0 saturated heterocycles. The molecule has 9 heavy (non-hydrogen) atoms. The lowest BCUT2D eigenvalue weighted by Crippen LogP contribution is -2.37. The molecule has 0 bridgehead atoms. The minimum atomic E-state index is -3.66. The number of hydrogen-bond acceptors (Lipinski definition) is 4. The molecule has 4 N–H and O–H groups in total. The Morgan fingerprint density at radius 3 is 2.00 bits per heavy atom. The largest absolute Gasteiger partial charge is 0.396 e. The van der Waals surface area contributed by atoms with E-state index in [1.165, 1.54) is 0 Å². The van der Waals surface area contributed by atoms with Crippen molar-refractivity contribution in [2.75, 3.05) is 26.3 Å². The first-order valence-corrected chi connectivity index (χ1v) is 2.05. The molecule has 0 spiro atoms. The van der Waals surface area contributed by atoms with Crippen molar-refractivity contribution in [2.45, 2.75) is 0 Å². The summed E-state index contributed by atoms with van der Waals surface area (Å²) in [7, 11) is 0. The molecule has 0 aromatic rings. The van der Waals surface area contributed by atoms with Gasteiger partial charge >= 0.3 is 0 Å². The summed E-state index contributed by atoms with van der Waals surface area (Å²) in [5.74, 6) is 0. The van der Waals surface area contributed by atoms with Crippen LogP contribution in [0.2, 0.25) is 0 Å². The van der Waals surface area contributed by atoms with E-state index in [0.29, 0.717) is 0 Å². The van der Waals surface area contributed by atoms with Crippen LogP contribution >= 0.6 is 0 Å². The lowest BCUT2D eigenvalue weighted by atomic mass is 9.93. The van der Waals surface area contributed by atoms with Gasteiger partial charge in [-0.25, -0.2) is 0 Å². The molecule has 0 rings (SSSR count). The van der Waals surface area contributed by atoms with Crippen molar-refractivity contribution in [1.82, 2.24) is 0 Å². The highest BCUT2D eigenvalue weighted by Gasteiger charge is 2.26. The van der Waals surface area contributed by atoms with Crippen LogP contribution in [0, 0.1) is 5.41 Å². The molecule has 4 heteroatoms. The minimum absolute atomic E-state index is 1.60. The predicted octanol–water partition coefficient (Wildman–Crippen LogP) is -2.06. The van der Waals surface area contributed by atoms with Crippen LogP contribution < -0.4 is 0 Å². The van der Waals surface area contributed by atoms with E-state index < -0.39 is 31.7 Å². The number of aliphatic hydroxyl groups is 4. The molecular weight excluding hydrogens is 124 g/mol. The normalized spacial score (nSPS) is 29.6. The van der Waals surface area contributed by atoms with Gasteiger partial charge in [-0.1, -0.05) is 0 Å². The van der Waals surface area contributed by atoms with Crippen molar-refractivity contribution < 1.29 is 28.7 Å². The zero-order valence-corrected chi connectivity index (χ0v) is 4.42. The van der Waals surface area contributed by atoms with Crippen molar-refractivity contribution in [1.29, 1.82) is 2.86 Å². The van der Waals surface area contributed by atoms with Crippen LogP contribution in [0.4, 0.5) is 0 Å². The van der Waals surface area contributed by atoms with E-state index in [1.54, 1.807) is 0 Å². The summed E-state index contributed by atoms with van der Waals surface area (Å²) < 4.78 is 55.7.